The molecule has 0 aromatic carbocycles. The third-order valence-corrected chi connectivity index (χ3v) is 4.26. The minimum atomic E-state index is -0.136. The summed E-state index contributed by atoms with van der Waals surface area (Å²) in [5.74, 6) is 0.349. The highest BCUT2D eigenvalue weighted by Crippen LogP contribution is 2.29. The van der Waals surface area contributed by atoms with Gasteiger partial charge in [-0.05, 0) is 24.5 Å². The van der Waals surface area contributed by atoms with Crippen molar-refractivity contribution < 1.29 is 4.79 Å². The van der Waals surface area contributed by atoms with Crippen LogP contribution in [0, 0.1) is 0 Å². The Morgan fingerprint density at radius 3 is 2.74 bits per heavy atom. The van der Waals surface area contributed by atoms with E-state index in [1.165, 1.54) is 16.2 Å². The maximum Gasteiger partial charge on any atom is 0.268 e. The van der Waals surface area contributed by atoms with Gasteiger partial charge in [0.25, 0.3) is 5.91 Å². The molecule has 1 amide bonds. The molecular formula is C13H18N4OS. The van der Waals surface area contributed by atoms with Crippen LogP contribution in [-0.2, 0) is 12.0 Å². The maximum atomic E-state index is 12.1. The summed E-state index contributed by atoms with van der Waals surface area (Å²) in [6.45, 7) is 9.10. The second kappa shape index (κ2) is 5.13. The third kappa shape index (κ3) is 3.01. The lowest BCUT2D eigenvalue weighted by molar-refractivity contribution is 0.102. The van der Waals surface area contributed by atoms with Crippen molar-refractivity contribution >= 4 is 23.2 Å². The van der Waals surface area contributed by atoms with E-state index in [0.717, 1.165) is 6.54 Å². The van der Waals surface area contributed by atoms with E-state index in [-0.39, 0.29) is 11.3 Å². The minimum Gasteiger partial charge on any atom is -0.300 e. The molecule has 2 heterocycles. The second-order valence-corrected chi connectivity index (χ2v) is 6.39. The number of nitrogens with zero attached hydrogens (tertiary/aromatic N) is 3. The van der Waals surface area contributed by atoms with Crippen molar-refractivity contribution in [1.82, 2.24) is 14.8 Å². The van der Waals surface area contributed by atoms with Gasteiger partial charge in [0.15, 0.2) is 0 Å². The number of rotatable bonds is 3. The summed E-state index contributed by atoms with van der Waals surface area (Å²) in [7, 11) is 0. The molecule has 2 aromatic heterocycles. The summed E-state index contributed by atoms with van der Waals surface area (Å²) in [5, 5.41) is 10.5. The van der Waals surface area contributed by atoms with Crippen LogP contribution in [0.4, 0.5) is 5.95 Å². The topological polar surface area (TPSA) is 59.8 Å². The van der Waals surface area contributed by atoms with Crippen molar-refractivity contribution in [3.8, 4) is 0 Å². The molecule has 6 heteroatoms. The molecule has 0 spiro atoms. The minimum absolute atomic E-state index is 0.0621. The van der Waals surface area contributed by atoms with Crippen LogP contribution in [0.5, 0.6) is 0 Å². The fourth-order valence-corrected chi connectivity index (χ4v) is 2.57. The zero-order valence-electron chi connectivity index (χ0n) is 11.6. The highest BCUT2D eigenvalue weighted by molar-refractivity contribution is 7.14. The Morgan fingerprint density at radius 1 is 1.42 bits per heavy atom. The molecule has 0 saturated heterocycles. The van der Waals surface area contributed by atoms with Crippen LogP contribution in [0.15, 0.2) is 18.5 Å². The van der Waals surface area contributed by atoms with Crippen LogP contribution in [-0.4, -0.2) is 20.7 Å². The molecule has 19 heavy (non-hydrogen) atoms. The van der Waals surface area contributed by atoms with Gasteiger partial charge in [-0.1, -0.05) is 20.8 Å². The number of thiophene rings is 1. The number of anilines is 1. The number of hydrogen-bond acceptors (Lipinski definition) is 4. The first-order chi connectivity index (χ1) is 8.91. The quantitative estimate of drug-likeness (QED) is 0.939. The van der Waals surface area contributed by atoms with Gasteiger partial charge in [-0.15, -0.1) is 21.5 Å². The molecule has 0 aliphatic carbocycles. The number of nitrogens with one attached hydrogen (secondary N) is 1. The van der Waals surface area contributed by atoms with Gasteiger partial charge in [0.2, 0.25) is 5.95 Å². The molecule has 0 atom stereocenters. The first kappa shape index (κ1) is 13.7. The fraction of sp³-hybridized carbons (Fsp3) is 0.462. The van der Waals surface area contributed by atoms with Crippen molar-refractivity contribution in [3.63, 3.8) is 0 Å². The van der Waals surface area contributed by atoms with Gasteiger partial charge in [-0.3, -0.25) is 14.7 Å². The molecule has 0 radical (unpaired) electrons. The Morgan fingerprint density at radius 2 is 2.16 bits per heavy atom. The Bertz CT molecular complexity index is 579. The maximum absolute atomic E-state index is 12.1. The van der Waals surface area contributed by atoms with Gasteiger partial charge in [-0.2, -0.15) is 0 Å². The zero-order valence-corrected chi connectivity index (χ0v) is 12.4. The molecule has 0 unspecified atom stereocenters. The molecule has 5 nitrogen and oxygen atoms in total. The van der Waals surface area contributed by atoms with Crippen LogP contribution in [0.3, 0.4) is 0 Å². The highest BCUT2D eigenvalue weighted by atomic mass is 32.1. The van der Waals surface area contributed by atoms with Crippen molar-refractivity contribution in [3.05, 3.63) is 28.2 Å². The largest absolute Gasteiger partial charge is 0.300 e. The van der Waals surface area contributed by atoms with Crippen molar-refractivity contribution in [2.75, 3.05) is 5.32 Å². The van der Waals surface area contributed by atoms with Crippen molar-refractivity contribution in [1.29, 1.82) is 0 Å². The van der Waals surface area contributed by atoms with Gasteiger partial charge in [0.05, 0.1) is 4.88 Å². The van der Waals surface area contributed by atoms with E-state index in [1.807, 2.05) is 19.1 Å². The number of carbonyl (C=O) groups is 1. The van der Waals surface area contributed by atoms with Gasteiger partial charge in [0.1, 0.15) is 6.33 Å². The predicted octanol–water partition coefficient (Wildman–Crippen LogP) is 2.91. The van der Waals surface area contributed by atoms with Crippen LogP contribution in [0.25, 0.3) is 0 Å². The van der Waals surface area contributed by atoms with Gasteiger partial charge in [-0.25, -0.2) is 0 Å². The summed E-state index contributed by atoms with van der Waals surface area (Å²) < 4.78 is 1.79. The normalized spacial score (nSPS) is 11.6. The SMILES string of the molecule is CCn1cnnc1NC(=O)c1ccc(C(C)(C)C)s1. The van der Waals surface area contributed by atoms with E-state index < -0.39 is 0 Å². The van der Waals surface area contributed by atoms with Crippen LogP contribution < -0.4 is 5.32 Å². The monoisotopic (exact) mass is 278 g/mol. The van der Waals surface area contributed by atoms with Crippen molar-refractivity contribution in [2.24, 2.45) is 0 Å². The summed E-state index contributed by atoms with van der Waals surface area (Å²) >= 11 is 1.51. The smallest absolute Gasteiger partial charge is 0.268 e. The van der Waals surface area contributed by atoms with Crippen LogP contribution in [0.1, 0.15) is 42.2 Å². The number of carbonyl (C=O) groups excluding carboxylic acids is 1. The molecule has 1 N–H and O–H groups in total. The molecule has 0 saturated carbocycles. The molecule has 0 aliphatic heterocycles. The molecule has 2 aromatic rings. The van der Waals surface area contributed by atoms with E-state index in [1.54, 1.807) is 10.9 Å². The average Bonchev–Trinajstić information content (AvgIpc) is 2.95. The molecule has 0 fully saturated rings. The highest BCUT2D eigenvalue weighted by Gasteiger charge is 2.19. The van der Waals surface area contributed by atoms with E-state index in [4.69, 9.17) is 0 Å². The summed E-state index contributed by atoms with van der Waals surface area (Å²) in [5.41, 5.74) is 0.0621. The predicted molar refractivity (Wildman–Crippen MR) is 76.7 cm³/mol. The fourth-order valence-electron chi connectivity index (χ4n) is 1.61. The molecular weight excluding hydrogens is 260 g/mol. The molecule has 0 bridgehead atoms. The van der Waals surface area contributed by atoms with E-state index in [2.05, 4.69) is 36.3 Å². The Hall–Kier alpha value is -1.69. The molecule has 2 rings (SSSR count). The summed E-state index contributed by atoms with van der Waals surface area (Å²) in [6, 6.07) is 3.86. The summed E-state index contributed by atoms with van der Waals surface area (Å²) in [4.78, 5) is 14.0. The number of aryl methyl sites for hydroxylation is 1. The number of hydrogen-bond donors (Lipinski definition) is 1. The number of amides is 1. The van der Waals surface area contributed by atoms with E-state index in [0.29, 0.717) is 10.8 Å². The lowest BCUT2D eigenvalue weighted by atomic mass is 9.95. The second-order valence-electron chi connectivity index (χ2n) is 5.31. The standard InChI is InChI=1S/C13H18N4OS/c1-5-17-8-14-16-12(17)15-11(18)9-6-7-10(19-9)13(2,3)4/h6-8H,5H2,1-4H3,(H,15,16,18). The lowest BCUT2D eigenvalue weighted by Gasteiger charge is -2.15. The molecule has 0 aliphatic rings. The van der Waals surface area contributed by atoms with Crippen LogP contribution >= 0.6 is 11.3 Å². The van der Waals surface area contributed by atoms with Gasteiger partial charge >= 0.3 is 0 Å². The molecule has 102 valence electrons. The van der Waals surface area contributed by atoms with E-state index in [9.17, 15) is 4.79 Å². The van der Waals surface area contributed by atoms with Gasteiger partial charge < -0.3 is 0 Å². The van der Waals surface area contributed by atoms with E-state index >= 15 is 0 Å². The average molecular weight is 278 g/mol. The van der Waals surface area contributed by atoms with Crippen molar-refractivity contribution in [2.45, 2.75) is 39.7 Å². The van der Waals surface area contributed by atoms with Gasteiger partial charge in [0, 0.05) is 11.4 Å². The first-order valence-electron chi connectivity index (χ1n) is 6.21. The number of aromatic nitrogens is 3. The lowest BCUT2D eigenvalue weighted by Crippen LogP contribution is -2.14. The third-order valence-electron chi connectivity index (χ3n) is 2.75. The first-order valence-corrected chi connectivity index (χ1v) is 7.03. The van der Waals surface area contributed by atoms with Crippen LogP contribution in [0.2, 0.25) is 0 Å². The zero-order chi connectivity index (χ0) is 14.0. The Kier molecular flexibility index (Phi) is 3.71. The summed E-state index contributed by atoms with van der Waals surface area (Å²) in [6.07, 6.45) is 1.60. The Labute approximate surface area is 116 Å². The Balaban J connectivity index is 2.15.